The van der Waals surface area contributed by atoms with Gasteiger partial charge in [-0.05, 0) is 45.4 Å². The molecule has 2 atom stereocenters. The number of carbonyl (C=O) groups is 2. The molecule has 2 fully saturated rings. The zero-order valence-electron chi connectivity index (χ0n) is 11.7. The van der Waals surface area contributed by atoms with Crippen molar-refractivity contribution in [3.8, 4) is 0 Å². The lowest BCUT2D eigenvalue weighted by Crippen LogP contribution is -2.30. The number of esters is 1. The third kappa shape index (κ3) is 3.66. The van der Waals surface area contributed by atoms with Gasteiger partial charge in [0.05, 0.1) is 18.8 Å². The first-order valence-corrected chi connectivity index (χ1v) is 7.12. The van der Waals surface area contributed by atoms with E-state index < -0.39 is 0 Å². The summed E-state index contributed by atoms with van der Waals surface area (Å²) in [6, 6.07) is 0. The summed E-state index contributed by atoms with van der Waals surface area (Å²) in [5.74, 6) is 0.297. The summed E-state index contributed by atoms with van der Waals surface area (Å²) < 4.78 is 11.0. The molecule has 0 N–H and O–H groups in total. The molecule has 0 aromatic carbocycles. The maximum Gasteiger partial charge on any atom is 0.334 e. The summed E-state index contributed by atoms with van der Waals surface area (Å²) in [5, 5.41) is 0. The number of hydrogen-bond donors (Lipinski definition) is 0. The highest BCUT2D eigenvalue weighted by Crippen LogP contribution is 2.41. The summed E-state index contributed by atoms with van der Waals surface area (Å²) in [6.07, 6.45) is 5.20. The van der Waals surface area contributed by atoms with Crippen LogP contribution in [0.15, 0.2) is 11.1 Å². The van der Waals surface area contributed by atoms with E-state index in [4.69, 9.17) is 9.47 Å². The summed E-state index contributed by atoms with van der Waals surface area (Å²) in [7, 11) is 0. The van der Waals surface area contributed by atoms with Crippen molar-refractivity contribution in [3.63, 3.8) is 0 Å². The van der Waals surface area contributed by atoms with Gasteiger partial charge in [-0.2, -0.15) is 0 Å². The normalized spacial score (nSPS) is 29.8. The number of ether oxygens (including phenoxy) is 2. The molecule has 4 nitrogen and oxygen atoms in total. The van der Waals surface area contributed by atoms with Gasteiger partial charge in [-0.3, -0.25) is 0 Å². The fourth-order valence-corrected chi connectivity index (χ4v) is 2.73. The highest BCUT2D eigenvalue weighted by atomic mass is 16.5. The molecular weight excluding hydrogens is 244 g/mol. The molecule has 1 heterocycles. The lowest BCUT2D eigenvalue weighted by Gasteiger charge is -2.31. The van der Waals surface area contributed by atoms with Crippen LogP contribution in [0, 0.1) is 5.92 Å². The van der Waals surface area contributed by atoms with E-state index in [1.165, 1.54) is 12.8 Å². The molecule has 0 unspecified atom stereocenters. The van der Waals surface area contributed by atoms with Gasteiger partial charge in [-0.25, -0.2) is 4.79 Å². The van der Waals surface area contributed by atoms with Crippen molar-refractivity contribution >= 4 is 12.3 Å². The maximum atomic E-state index is 12.0. The molecule has 1 aliphatic heterocycles. The van der Waals surface area contributed by atoms with Crippen molar-refractivity contribution < 1.29 is 19.1 Å². The van der Waals surface area contributed by atoms with E-state index in [2.05, 4.69) is 0 Å². The molecule has 0 aromatic rings. The topological polar surface area (TPSA) is 52.6 Å². The molecular formula is C15H22O4. The Kier molecular flexibility index (Phi) is 4.75. The molecule has 4 heteroatoms. The third-order valence-electron chi connectivity index (χ3n) is 3.77. The van der Waals surface area contributed by atoms with Crippen LogP contribution in [0.5, 0.6) is 0 Å². The predicted octanol–water partition coefficient (Wildman–Crippen LogP) is 2.41. The first-order chi connectivity index (χ1) is 9.15. The standard InChI is InChI=1S/C15H22O4/c1-3-18-15(17)13(6-7-16)12-8-10(2)19-14(9-12)11-4-5-11/h7,10-11,14H,3-6,8-9H2,1-2H3/b13-12+/t10-,14+/m0/s1. The van der Waals surface area contributed by atoms with Gasteiger partial charge in [0.15, 0.2) is 0 Å². The molecule has 2 aliphatic rings. The van der Waals surface area contributed by atoms with Crippen LogP contribution in [-0.4, -0.2) is 31.1 Å². The quantitative estimate of drug-likeness (QED) is 0.435. The second-order valence-corrected chi connectivity index (χ2v) is 5.40. The molecule has 0 amide bonds. The number of hydrogen-bond acceptors (Lipinski definition) is 4. The zero-order valence-corrected chi connectivity index (χ0v) is 11.7. The molecule has 1 saturated carbocycles. The van der Waals surface area contributed by atoms with E-state index in [-0.39, 0.29) is 24.6 Å². The Balaban J connectivity index is 2.17. The van der Waals surface area contributed by atoms with Crippen molar-refractivity contribution in [1.82, 2.24) is 0 Å². The minimum absolute atomic E-state index is 0.116. The van der Waals surface area contributed by atoms with E-state index >= 15 is 0 Å². The Morgan fingerprint density at radius 2 is 2.16 bits per heavy atom. The molecule has 2 rings (SSSR count). The second kappa shape index (κ2) is 6.33. The summed E-state index contributed by atoms with van der Waals surface area (Å²) in [4.78, 5) is 22.8. The minimum Gasteiger partial charge on any atom is -0.463 e. The first-order valence-electron chi connectivity index (χ1n) is 7.12. The largest absolute Gasteiger partial charge is 0.463 e. The lowest BCUT2D eigenvalue weighted by molar-refractivity contribution is -0.139. The molecule has 1 saturated heterocycles. The Morgan fingerprint density at radius 3 is 2.74 bits per heavy atom. The van der Waals surface area contributed by atoms with Crippen LogP contribution in [0.3, 0.4) is 0 Å². The summed E-state index contributed by atoms with van der Waals surface area (Å²) in [5.41, 5.74) is 1.61. The van der Waals surface area contributed by atoms with E-state index in [9.17, 15) is 9.59 Å². The third-order valence-corrected chi connectivity index (χ3v) is 3.77. The van der Waals surface area contributed by atoms with Gasteiger partial charge < -0.3 is 14.3 Å². The Labute approximate surface area is 114 Å². The van der Waals surface area contributed by atoms with Gasteiger partial charge in [0.1, 0.15) is 6.29 Å². The van der Waals surface area contributed by atoms with Crippen molar-refractivity contribution in [2.45, 2.75) is 58.2 Å². The van der Waals surface area contributed by atoms with Crippen molar-refractivity contribution in [2.75, 3.05) is 6.61 Å². The number of carbonyl (C=O) groups excluding carboxylic acids is 2. The smallest absolute Gasteiger partial charge is 0.334 e. The average Bonchev–Trinajstić information content (AvgIpc) is 3.19. The van der Waals surface area contributed by atoms with Crippen molar-refractivity contribution in [1.29, 1.82) is 0 Å². The van der Waals surface area contributed by atoms with Crippen molar-refractivity contribution in [2.24, 2.45) is 5.92 Å². The second-order valence-electron chi connectivity index (χ2n) is 5.40. The Bertz CT molecular complexity index is 382. The van der Waals surface area contributed by atoms with Crippen LogP contribution < -0.4 is 0 Å². The molecule has 0 radical (unpaired) electrons. The first kappa shape index (κ1) is 14.3. The van der Waals surface area contributed by atoms with Gasteiger partial charge >= 0.3 is 5.97 Å². The summed E-state index contributed by atoms with van der Waals surface area (Å²) >= 11 is 0. The monoisotopic (exact) mass is 266 g/mol. The molecule has 19 heavy (non-hydrogen) atoms. The summed E-state index contributed by atoms with van der Waals surface area (Å²) in [6.45, 7) is 4.14. The van der Waals surface area contributed by atoms with Crippen LogP contribution in [0.2, 0.25) is 0 Å². The highest BCUT2D eigenvalue weighted by Gasteiger charge is 2.37. The van der Waals surface area contributed by atoms with E-state index in [0.29, 0.717) is 18.1 Å². The van der Waals surface area contributed by atoms with E-state index in [0.717, 1.165) is 24.7 Å². The van der Waals surface area contributed by atoms with Gasteiger partial charge in [0.2, 0.25) is 0 Å². The molecule has 1 aliphatic carbocycles. The molecule has 106 valence electrons. The van der Waals surface area contributed by atoms with Crippen LogP contribution >= 0.6 is 0 Å². The highest BCUT2D eigenvalue weighted by molar-refractivity contribution is 5.92. The van der Waals surface area contributed by atoms with Crippen LogP contribution in [0.4, 0.5) is 0 Å². The van der Waals surface area contributed by atoms with E-state index in [1.54, 1.807) is 6.92 Å². The van der Waals surface area contributed by atoms with Crippen LogP contribution in [0.1, 0.15) is 46.0 Å². The fraction of sp³-hybridized carbons (Fsp3) is 0.733. The van der Waals surface area contributed by atoms with Crippen LogP contribution in [-0.2, 0) is 19.1 Å². The average molecular weight is 266 g/mol. The molecule has 0 spiro atoms. The number of aldehydes is 1. The Morgan fingerprint density at radius 1 is 1.42 bits per heavy atom. The lowest BCUT2D eigenvalue weighted by atomic mass is 9.90. The van der Waals surface area contributed by atoms with Gasteiger partial charge in [0.25, 0.3) is 0 Å². The Hall–Kier alpha value is -1.16. The molecule has 0 bridgehead atoms. The number of rotatable bonds is 5. The van der Waals surface area contributed by atoms with E-state index in [1.807, 2.05) is 6.92 Å². The van der Waals surface area contributed by atoms with Gasteiger partial charge in [0, 0.05) is 12.0 Å². The predicted molar refractivity (Wildman–Crippen MR) is 70.6 cm³/mol. The molecule has 0 aromatic heterocycles. The maximum absolute atomic E-state index is 12.0. The van der Waals surface area contributed by atoms with Gasteiger partial charge in [-0.15, -0.1) is 0 Å². The minimum atomic E-state index is -0.340. The van der Waals surface area contributed by atoms with Crippen LogP contribution in [0.25, 0.3) is 0 Å². The van der Waals surface area contributed by atoms with Gasteiger partial charge in [-0.1, -0.05) is 5.57 Å². The SMILES string of the molecule is CCOC(=O)/C(CC=O)=C1\C[C@H](C)O[C@@H](C2CC2)C1. The zero-order chi connectivity index (χ0) is 13.8. The van der Waals surface area contributed by atoms with Crippen molar-refractivity contribution in [3.05, 3.63) is 11.1 Å². The fourth-order valence-electron chi connectivity index (χ4n) is 2.73.